The second kappa shape index (κ2) is 5.59. The van der Waals surface area contributed by atoms with Crippen LogP contribution in [0.4, 0.5) is 4.79 Å². The summed E-state index contributed by atoms with van der Waals surface area (Å²) < 4.78 is 4.99. The summed E-state index contributed by atoms with van der Waals surface area (Å²) in [5, 5.41) is 2.87. The Morgan fingerprint density at radius 3 is 2.50 bits per heavy atom. The van der Waals surface area contributed by atoms with Crippen LogP contribution in [0.3, 0.4) is 0 Å². The monoisotopic (exact) mass is 201 g/mol. The van der Waals surface area contributed by atoms with Gasteiger partial charge < -0.3 is 15.8 Å². The average molecular weight is 201 g/mol. The fourth-order valence-corrected chi connectivity index (χ4v) is 0.714. The second-order valence-corrected chi connectivity index (χ2v) is 3.89. The van der Waals surface area contributed by atoms with Crippen LogP contribution in [-0.2, 0) is 4.74 Å². The second-order valence-electron chi connectivity index (χ2n) is 3.89. The van der Waals surface area contributed by atoms with Gasteiger partial charge in [-0.1, -0.05) is 0 Å². The van der Waals surface area contributed by atoms with E-state index in [9.17, 15) is 4.79 Å². The molecule has 0 aliphatic rings. The third-order valence-corrected chi connectivity index (χ3v) is 1.18. The van der Waals surface area contributed by atoms with E-state index < -0.39 is 11.7 Å². The van der Waals surface area contributed by atoms with Gasteiger partial charge in [0.2, 0.25) is 0 Å². The van der Waals surface area contributed by atoms with Crippen molar-refractivity contribution >= 4 is 11.9 Å². The Bertz CT molecular complexity index is 219. The first-order chi connectivity index (χ1) is 6.35. The molecule has 0 saturated heterocycles. The third-order valence-electron chi connectivity index (χ3n) is 1.18. The number of carbonyl (C=O) groups is 1. The molecular weight excluding hydrogens is 182 g/mol. The zero-order valence-electron chi connectivity index (χ0n) is 9.26. The summed E-state index contributed by atoms with van der Waals surface area (Å²) in [6.07, 6.45) is -0.584. The van der Waals surface area contributed by atoms with Crippen LogP contribution in [0.5, 0.6) is 0 Å². The van der Waals surface area contributed by atoms with Crippen LogP contribution in [0, 0.1) is 0 Å². The Labute approximate surface area is 84.7 Å². The number of hydrogen-bond acceptors (Lipinski definition) is 3. The van der Waals surface area contributed by atoms with Gasteiger partial charge in [-0.2, -0.15) is 4.99 Å². The molecule has 14 heavy (non-hydrogen) atoms. The maximum atomic E-state index is 11.2. The molecule has 0 atom stereocenters. The quantitative estimate of drug-likeness (QED) is 0.514. The number of ether oxygens (including phenoxy) is 1. The third kappa shape index (κ3) is 7.54. The topological polar surface area (TPSA) is 76.7 Å². The van der Waals surface area contributed by atoms with Crippen molar-refractivity contribution in [1.82, 2.24) is 5.32 Å². The molecule has 0 aromatic carbocycles. The molecule has 0 spiro atoms. The number of nitrogens with two attached hydrogens (primary N) is 1. The van der Waals surface area contributed by atoms with Crippen molar-refractivity contribution in [2.24, 2.45) is 10.7 Å². The van der Waals surface area contributed by atoms with Crippen molar-refractivity contribution < 1.29 is 9.53 Å². The minimum atomic E-state index is -0.584. The molecule has 3 N–H and O–H groups in total. The van der Waals surface area contributed by atoms with Crippen LogP contribution >= 0.6 is 0 Å². The molecule has 0 aromatic heterocycles. The lowest BCUT2D eigenvalue weighted by Crippen LogP contribution is -2.29. The van der Waals surface area contributed by atoms with Crippen molar-refractivity contribution in [3.05, 3.63) is 0 Å². The minimum Gasteiger partial charge on any atom is -0.442 e. The Kier molecular flexibility index (Phi) is 5.15. The van der Waals surface area contributed by atoms with Crippen LogP contribution in [0.1, 0.15) is 27.7 Å². The van der Waals surface area contributed by atoms with Gasteiger partial charge in [0.1, 0.15) is 11.4 Å². The number of aliphatic imine (C=N–C) groups is 1. The lowest BCUT2D eigenvalue weighted by molar-refractivity contribution is 0.0603. The number of nitrogens with one attached hydrogen (secondary N) is 1. The maximum absolute atomic E-state index is 11.2. The maximum Gasteiger partial charge on any atom is 0.435 e. The van der Waals surface area contributed by atoms with Gasteiger partial charge >= 0.3 is 6.09 Å². The highest BCUT2D eigenvalue weighted by Gasteiger charge is 2.15. The van der Waals surface area contributed by atoms with E-state index in [1.54, 1.807) is 27.7 Å². The number of nitrogens with zero attached hydrogens (tertiary/aromatic N) is 1. The van der Waals surface area contributed by atoms with Crippen LogP contribution in [0.15, 0.2) is 4.99 Å². The molecule has 0 rings (SSSR count). The summed E-state index contributed by atoms with van der Waals surface area (Å²) >= 11 is 0. The summed E-state index contributed by atoms with van der Waals surface area (Å²) in [6, 6.07) is 0. The number of rotatable bonds is 2. The molecule has 0 fully saturated rings. The summed E-state index contributed by atoms with van der Waals surface area (Å²) in [7, 11) is 0. The molecular formula is C9H19N3O2. The van der Waals surface area contributed by atoms with E-state index in [0.717, 1.165) is 0 Å². The Hall–Kier alpha value is -1.10. The van der Waals surface area contributed by atoms with Gasteiger partial charge in [0.25, 0.3) is 0 Å². The predicted octanol–water partition coefficient (Wildman–Crippen LogP) is 0.888. The molecule has 0 saturated carbocycles. The minimum absolute atomic E-state index is 0.501. The van der Waals surface area contributed by atoms with Gasteiger partial charge in [0.15, 0.2) is 0 Å². The number of amides is 1. The summed E-state index contributed by atoms with van der Waals surface area (Å²) in [5.74, 6) is 0.518. The highest BCUT2D eigenvalue weighted by Crippen LogP contribution is 2.07. The summed E-state index contributed by atoms with van der Waals surface area (Å²) in [6.45, 7) is 8.17. The number of hydrogen-bond donors (Lipinski definition) is 2. The first-order valence-corrected chi connectivity index (χ1v) is 4.57. The lowest BCUT2D eigenvalue weighted by Gasteiger charge is -2.17. The molecule has 5 nitrogen and oxygen atoms in total. The van der Waals surface area contributed by atoms with Crippen molar-refractivity contribution in [2.45, 2.75) is 33.3 Å². The Morgan fingerprint density at radius 2 is 2.07 bits per heavy atom. The van der Waals surface area contributed by atoms with Crippen LogP contribution in [0.25, 0.3) is 0 Å². The van der Waals surface area contributed by atoms with E-state index in [1.165, 1.54) is 0 Å². The first kappa shape index (κ1) is 12.9. The molecule has 0 bridgehead atoms. The van der Waals surface area contributed by atoms with E-state index in [1.807, 2.05) is 0 Å². The van der Waals surface area contributed by atoms with Crippen molar-refractivity contribution in [1.29, 1.82) is 0 Å². The Balaban J connectivity index is 4.02. The van der Waals surface area contributed by atoms with Gasteiger partial charge in [-0.25, -0.2) is 4.79 Å². The van der Waals surface area contributed by atoms with Gasteiger partial charge in [-0.15, -0.1) is 0 Å². The van der Waals surface area contributed by atoms with E-state index in [-0.39, 0.29) is 0 Å². The summed E-state index contributed by atoms with van der Waals surface area (Å²) in [5.41, 5.74) is 4.77. The average Bonchev–Trinajstić information content (AvgIpc) is 1.96. The first-order valence-electron chi connectivity index (χ1n) is 4.57. The molecule has 0 aromatic rings. The zero-order valence-corrected chi connectivity index (χ0v) is 9.26. The highest BCUT2D eigenvalue weighted by atomic mass is 16.6. The normalized spacial score (nSPS) is 12.5. The largest absolute Gasteiger partial charge is 0.442 e. The van der Waals surface area contributed by atoms with Crippen LogP contribution in [0.2, 0.25) is 0 Å². The van der Waals surface area contributed by atoms with Crippen LogP contribution in [-0.4, -0.2) is 30.6 Å². The van der Waals surface area contributed by atoms with Gasteiger partial charge in [0, 0.05) is 13.1 Å². The van der Waals surface area contributed by atoms with Crippen LogP contribution < -0.4 is 11.1 Å². The molecule has 0 aliphatic carbocycles. The Morgan fingerprint density at radius 1 is 1.50 bits per heavy atom. The fraction of sp³-hybridized carbons (Fsp3) is 0.778. The van der Waals surface area contributed by atoms with E-state index in [2.05, 4.69) is 10.3 Å². The zero-order chi connectivity index (χ0) is 11.2. The standard InChI is InChI=1S/C9H19N3O2/c1-7(11-6-5-10)12-8(13)14-9(2,3)4/h5-6,10H2,1-4H3,(H,11,12,13). The molecule has 0 heterocycles. The van der Waals surface area contributed by atoms with Gasteiger partial charge in [-0.05, 0) is 27.7 Å². The molecule has 0 aliphatic heterocycles. The lowest BCUT2D eigenvalue weighted by atomic mass is 10.2. The SMILES string of the molecule is C/C(=N\C(=O)OC(C)(C)C)NCCN. The molecule has 5 heteroatoms. The van der Waals surface area contributed by atoms with E-state index in [4.69, 9.17) is 10.5 Å². The fourth-order valence-electron chi connectivity index (χ4n) is 0.714. The molecule has 0 radical (unpaired) electrons. The van der Waals surface area contributed by atoms with E-state index >= 15 is 0 Å². The molecule has 82 valence electrons. The van der Waals surface area contributed by atoms with E-state index in [0.29, 0.717) is 18.9 Å². The molecule has 1 amide bonds. The van der Waals surface area contributed by atoms with Crippen molar-refractivity contribution in [2.75, 3.05) is 13.1 Å². The number of carbonyl (C=O) groups excluding carboxylic acids is 1. The van der Waals surface area contributed by atoms with Crippen molar-refractivity contribution in [3.63, 3.8) is 0 Å². The van der Waals surface area contributed by atoms with Gasteiger partial charge in [0.05, 0.1) is 0 Å². The predicted molar refractivity (Wildman–Crippen MR) is 56.4 cm³/mol. The smallest absolute Gasteiger partial charge is 0.435 e. The highest BCUT2D eigenvalue weighted by molar-refractivity contribution is 5.90. The molecule has 0 unspecified atom stereocenters. The van der Waals surface area contributed by atoms with Gasteiger partial charge in [-0.3, -0.25) is 0 Å². The summed E-state index contributed by atoms with van der Waals surface area (Å²) in [4.78, 5) is 14.8. The van der Waals surface area contributed by atoms with Crippen molar-refractivity contribution in [3.8, 4) is 0 Å². The number of amidine groups is 1.